The maximum Gasteiger partial charge on any atom is 0.0822 e. The maximum absolute atomic E-state index is 11.9. The van der Waals surface area contributed by atoms with Crippen molar-refractivity contribution in [2.45, 2.75) is 0 Å². The van der Waals surface area contributed by atoms with E-state index in [4.69, 9.17) is 23.2 Å². The Hall–Kier alpha value is -1.10. The molecule has 0 bridgehead atoms. The summed E-state index contributed by atoms with van der Waals surface area (Å²) in [7, 11) is -1.24. The molecule has 1 atom stereocenters. The van der Waals surface area contributed by atoms with Gasteiger partial charge in [0.05, 0.1) is 39.9 Å². The SMILES string of the molecule is O=S1/C(=C\Cl)CN(/N=C/c2ccccc2)C/C1=C\Cl. The standard InChI is InChI=1S/C13H12Cl2N2OS/c14-6-12-9-17(10-13(7-15)19(12)18)16-8-11-4-2-1-3-5-11/h1-8H,9-10H2/b12-6-,13-7+,16-8+. The lowest BCUT2D eigenvalue weighted by molar-refractivity contribution is 0.347. The quantitative estimate of drug-likeness (QED) is 0.785. The topological polar surface area (TPSA) is 32.7 Å². The third-order valence-electron chi connectivity index (χ3n) is 2.57. The van der Waals surface area contributed by atoms with Gasteiger partial charge in [0.15, 0.2) is 0 Å². The zero-order valence-electron chi connectivity index (χ0n) is 10.00. The third kappa shape index (κ3) is 3.69. The summed E-state index contributed by atoms with van der Waals surface area (Å²) in [5.74, 6) is 0. The number of rotatable bonds is 2. The van der Waals surface area contributed by atoms with E-state index in [0.29, 0.717) is 22.9 Å². The molecule has 0 spiro atoms. The molecule has 3 nitrogen and oxygen atoms in total. The van der Waals surface area contributed by atoms with Gasteiger partial charge < -0.3 is 0 Å². The molecule has 0 aliphatic carbocycles. The Morgan fingerprint density at radius 2 is 1.68 bits per heavy atom. The molecule has 100 valence electrons. The van der Waals surface area contributed by atoms with Gasteiger partial charge in [-0.2, -0.15) is 5.10 Å². The van der Waals surface area contributed by atoms with E-state index in [1.54, 1.807) is 11.2 Å². The van der Waals surface area contributed by atoms with Crippen molar-refractivity contribution in [3.63, 3.8) is 0 Å². The van der Waals surface area contributed by atoms with Crippen LogP contribution in [-0.2, 0) is 10.8 Å². The molecule has 1 fully saturated rings. The first-order chi connectivity index (χ1) is 9.24. The van der Waals surface area contributed by atoms with Crippen LogP contribution < -0.4 is 0 Å². The predicted molar refractivity (Wildman–Crippen MR) is 81.6 cm³/mol. The number of hydrazone groups is 1. The Kier molecular flexibility index (Phi) is 5.19. The molecule has 0 amide bonds. The van der Waals surface area contributed by atoms with E-state index in [-0.39, 0.29) is 0 Å². The molecule has 0 saturated carbocycles. The van der Waals surface area contributed by atoms with Gasteiger partial charge in [-0.1, -0.05) is 53.5 Å². The van der Waals surface area contributed by atoms with Crippen molar-refractivity contribution in [2.75, 3.05) is 13.1 Å². The molecular formula is C13H12Cl2N2OS. The summed E-state index contributed by atoms with van der Waals surface area (Å²) in [6, 6.07) is 9.76. The van der Waals surface area contributed by atoms with Crippen LogP contribution >= 0.6 is 23.2 Å². The van der Waals surface area contributed by atoms with E-state index in [0.717, 1.165) is 5.56 Å². The fraction of sp³-hybridized carbons (Fsp3) is 0.154. The minimum Gasteiger partial charge on any atom is -0.287 e. The molecule has 2 rings (SSSR count). The van der Waals surface area contributed by atoms with Crippen LogP contribution in [0.2, 0.25) is 0 Å². The molecule has 1 aliphatic rings. The first kappa shape index (κ1) is 14.3. The molecule has 1 aromatic rings. The average molecular weight is 315 g/mol. The Morgan fingerprint density at radius 1 is 1.11 bits per heavy atom. The van der Waals surface area contributed by atoms with Crippen LogP contribution in [0.25, 0.3) is 0 Å². The van der Waals surface area contributed by atoms with E-state index in [2.05, 4.69) is 5.10 Å². The van der Waals surface area contributed by atoms with Gasteiger partial charge in [0, 0.05) is 11.1 Å². The minimum atomic E-state index is -1.24. The molecule has 1 aromatic carbocycles. The zero-order valence-corrected chi connectivity index (χ0v) is 12.3. The summed E-state index contributed by atoms with van der Waals surface area (Å²) in [5, 5.41) is 6.13. The first-order valence-corrected chi connectivity index (χ1v) is 7.61. The molecule has 19 heavy (non-hydrogen) atoms. The Bertz CT molecular complexity index is 531. The number of hydrogen-bond donors (Lipinski definition) is 0. The van der Waals surface area contributed by atoms with Crippen LogP contribution in [0.1, 0.15) is 5.56 Å². The summed E-state index contributed by atoms with van der Waals surface area (Å²) >= 11 is 11.4. The average Bonchev–Trinajstić information content (AvgIpc) is 2.47. The van der Waals surface area contributed by atoms with Crippen molar-refractivity contribution >= 4 is 40.2 Å². The van der Waals surface area contributed by atoms with Gasteiger partial charge >= 0.3 is 0 Å². The van der Waals surface area contributed by atoms with E-state index >= 15 is 0 Å². The second kappa shape index (κ2) is 6.89. The van der Waals surface area contributed by atoms with Crippen molar-refractivity contribution in [1.29, 1.82) is 0 Å². The summed E-state index contributed by atoms with van der Waals surface area (Å²) in [6.07, 6.45) is 1.76. The smallest absolute Gasteiger partial charge is 0.0822 e. The van der Waals surface area contributed by atoms with Crippen LogP contribution in [0.3, 0.4) is 0 Å². The van der Waals surface area contributed by atoms with Crippen molar-refractivity contribution in [3.8, 4) is 0 Å². The summed E-state index contributed by atoms with van der Waals surface area (Å²) in [4.78, 5) is 1.20. The van der Waals surface area contributed by atoms with Crippen LogP contribution in [0, 0.1) is 0 Å². The first-order valence-electron chi connectivity index (χ1n) is 5.59. The highest BCUT2D eigenvalue weighted by Gasteiger charge is 2.23. The van der Waals surface area contributed by atoms with E-state index in [1.807, 2.05) is 30.3 Å². The molecular weight excluding hydrogens is 303 g/mol. The third-order valence-corrected chi connectivity index (χ3v) is 4.80. The van der Waals surface area contributed by atoms with Crippen molar-refractivity contribution in [2.24, 2.45) is 5.10 Å². The molecule has 0 aromatic heterocycles. The number of hydrogen-bond acceptors (Lipinski definition) is 3. The van der Waals surface area contributed by atoms with Gasteiger partial charge in [-0.3, -0.25) is 5.01 Å². The maximum atomic E-state index is 11.9. The zero-order chi connectivity index (χ0) is 13.7. The number of benzene rings is 1. The molecule has 0 N–H and O–H groups in total. The van der Waals surface area contributed by atoms with Gasteiger partial charge in [-0.25, -0.2) is 4.21 Å². The van der Waals surface area contributed by atoms with E-state index < -0.39 is 10.8 Å². The molecule has 1 saturated heterocycles. The lowest BCUT2D eigenvalue weighted by atomic mass is 10.2. The molecule has 6 heteroatoms. The van der Waals surface area contributed by atoms with E-state index in [9.17, 15) is 4.21 Å². The summed E-state index contributed by atoms with van der Waals surface area (Å²) in [6.45, 7) is 0.876. The van der Waals surface area contributed by atoms with Gasteiger partial charge in [0.1, 0.15) is 0 Å². The number of halogens is 2. The van der Waals surface area contributed by atoms with Crippen molar-refractivity contribution < 1.29 is 4.21 Å². The highest BCUT2D eigenvalue weighted by Crippen LogP contribution is 2.22. The molecule has 0 radical (unpaired) electrons. The minimum absolute atomic E-state index is 0.438. The van der Waals surface area contributed by atoms with E-state index in [1.165, 1.54) is 11.1 Å². The van der Waals surface area contributed by atoms with Crippen LogP contribution in [0.4, 0.5) is 0 Å². The second-order valence-electron chi connectivity index (χ2n) is 3.90. The second-order valence-corrected chi connectivity index (χ2v) is 5.92. The lowest BCUT2D eigenvalue weighted by Crippen LogP contribution is -2.31. The largest absolute Gasteiger partial charge is 0.287 e. The monoisotopic (exact) mass is 314 g/mol. The Morgan fingerprint density at radius 3 is 2.21 bits per heavy atom. The molecule has 1 heterocycles. The highest BCUT2D eigenvalue weighted by molar-refractivity contribution is 7.93. The van der Waals surface area contributed by atoms with Crippen LogP contribution in [0.5, 0.6) is 0 Å². The number of nitrogens with zero attached hydrogens (tertiary/aromatic N) is 2. The fourth-order valence-corrected chi connectivity index (χ4v) is 3.27. The van der Waals surface area contributed by atoms with Gasteiger partial charge in [0.25, 0.3) is 0 Å². The van der Waals surface area contributed by atoms with Gasteiger partial charge in [-0.15, -0.1) is 0 Å². The van der Waals surface area contributed by atoms with Crippen molar-refractivity contribution in [3.05, 3.63) is 56.8 Å². The molecule has 1 aliphatic heterocycles. The summed E-state index contributed by atoms with van der Waals surface area (Å²) in [5.41, 5.74) is 3.67. The van der Waals surface area contributed by atoms with Gasteiger partial charge in [0.2, 0.25) is 0 Å². The highest BCUT2D eigenvalue weighted by atomic mass is 35.5. The van der Waals surface area contributed by atoms with Gasteiger partial charge in [-0.05, 0) is 5.56 Å². The Balaban J connectivity index is 2.14. The normalized spacial score (nSPS) is 24.5. The molecule has 1 unspecified atom stereocenters. The van der Waals surface area contributed by atoms with Crippen LogP contribution in [0.15, 0.2) is 56.3 Å². The fourth-order valence-electron chi connectivity index (χ4n) is 1.62. The van der Waals surface area contributed by atoms with Crippen molar-refractivity contribution in [1.82, 2.24) is 5.01 Å². The van der Waals surface area contributed by atoms with Crippen LogP contribution in [-0.4, -0.2) is 28.5 Å². The predicted octanol–water partition coefficient (Wildman–Crippen LogP) is 3.25. The lowest BCUT2D eigenvalue weighted by Gasteiger charge is -2.26. The summed E-state index contributed by atoms with van der Waals surface area (Å²) < 4.78 is 11.9. The Labute approximate surface area is 124 Å².